The maximum atomic E-state index is 12.6. The molecule has 1 aromatic carbocycles. The number of esters is 1. The zero-order chi connectivity index (χ0) is 16.4. The first-order chi connectivity index (χ1) is 11.2. The summed E-state index contributed by atoms with van der Waals surface area (Å²) in [7, 11) is 1.52. The van der Waals surface area contributed by atoms with E-state index in [2.05, 4.69) is 70.8 Å². The number of benzene rings is 1. The van der Waals surface area contributed by atoms with Crippen molar-refractivity contribution in [3.8, 4) is 0 Å². The number of fused-ring (bicyclic) bond motifs is 2. The van der Waals surface area contributed by atoms with E-state index in [1.807, 2.05) is 0 Å². The molecule has 0 aromatic heterocycles. The molecule has 2 fully saturated rings. The SMILES string of the molecule is C/C=C/CN1[C@H]2CC[C@@H]1[C@@H](C(=O)OC)[C@@H](c1ccc(I)cc1)C2. The number of hydrogen-bond acceptors (Lipinski definition) is 3. The van der Waals surface area contributed by atoms with E-state index >= 15 is 0 Å². The van der Waals surface area contributed by atoms with E-state index in [0.717, 1.165) is 19.4 Å². The number of ether oxygens (including phenoxy) is 1. The topological polar surface area (TPSA) is 29.5 Å². The maximum absolute atomic E-state index is 12.6. The summed E-state index contributed by atoms with van der Waals surface area (Å²) in [4.78, 5) is 15.1. The molecule has 1 aromatic rings. The third kappa shape index (κ3) is 3.33. The molecule has 0 radical (unpaired) electrons. The zero-order valence-corrected chi connectivity index (χ0v) is 15.9. The second-order valence-electron chi connectivity index (χ2n) is 6.51. The highest BCUT2D eigenvalue weighted by atomic mass is 127. The first-order valence-corrected chi connectivity index (χ1v) is 9.43. The van der Waals surface area contributed by atoms with Crippen LogP contribution >= 0.6 is 22.6 Å². The number of halogens is 1. The molecular weight excluding hydrogens is 401 g/mol. The quantitative estimate of drug-likeness (QED) is 0.415. The Morgan fingerprint density at radius 2 is 2.09 bits per heavy atom. The number of hydrogen-bond donors (Lipinski definition) is 0. The number of nitrogens with zero attached hydrogens (tertiary/aromatic N) is 1. The average Bonchev–Trinajstić information content (AvgIpc) is 2.84. The van der Waals surface area contributed by atoms with Crippen LogP contribution in [0.1, 0.15) is 37.7 Å². The smallest absolute Gasteiger partial charge is 0.310 e. The minimum absolute atomic E-state index is 0.0515. The molecule has 124 valence electrons. The van der Waals surface area contributed by atoms with Crippen molar-refractivity contribution >= 4 is 28.6 Å². The van der Waals surface area contributed by atoms with Crippen molar-refractivity contribution in [2.45, 2.75) is 44.2 Å². The van der Waals surface area contributed by atoms with Crippen LogP contribution in [0.5, 0.6) is 0 Å². The van der Waals surface area contributed by atoms with E-state index < -0.39 is 0 Å². The third-order valence-electron chi connectivity index (χ3n) is 5.39. The molecule has 4 heteroatoms. The minimum Gasteiger partial charge on any atom is -0.469 e. The lowest BCUT2D eigenvalue weighted by Crippen LogP contribution is -2.50. The van der Waals surface area contributed by atoms with Gasteiger partial charge in [0.05, 0.1) is 13.0 Å². The lowest BCUT2D eigenvalue weighted by atomic mass is 9.76. The molecule has 0 N–H and O–H groups in total. The highest BCUT2D eigenvalue weighted by Crippen LogP contribution is 2.47. The molecular formula is C19H24INO2. The molecule has 0 aliphatic carbocycles. The normalized spacial score (nSPS) is 30.7. The summed E-state index contributed by atoms with van der Waals surface area (Å²) < 4.78 is 6.41. The van der Waals surface area contributed by atoms with Crippen LogP contribution in [0, 0.1) is 9.49 Å². The molecule has 2 aliphatic heterocycles. The predicted octanol–water partition coefficient (Wildman–Crippen LogP) is 3.98. The molecule has 3 rings (SSSR count). The van der Waals surface area contributed by atoms with Crippen LogP contribution in [0.3, 0.4) is 0 Å². The van der Waals surface area contributed by atoms with Gasteiger partial charge in [-0.3, -0.25) is 9.69 Å². The first-order valence-electron chi connectivity index (χ1n) is 8.36. The maximum Gasteiger partial charge on any atom is 0.310 e. The van der Waals surface area contributed by atoms with Crippen molar-refractivity contribution in [3.63, 3.8) is 0 Å². The van der Waals surface area contributed by atoms with Gasteiger partial charge in [0.1, 0.15) is 0 Å². The number of rotatable bonds is 4. The van der Waals surface area contributed by atoms with E-state index in [4.69, 9.17) is 4.74 Å². The molecule has 2 aliphatic rings. The summed E-state index contributed by atoms with van der Waals surface area (Å²) in [5.41, 5.74) is 1.28. The molecule has 4 atom stereocenters. The number of allylic oxidation sites excluding steroid dienone is 1. The van der Waals surface area contributed by atoms with E-state index in [9.17, 15) is 4.79 Å². The van der Waals surface area contributed by atoms with Crippen LogP contribution in [-0.2, 0) is 9.53 Å². The second-order valence-corrected chi connectivity index (χ2v) is 7.75. The van der Waals surface area contributed by atoms with Gasteiger partial charge in [0.25, 0.3) is 0 Å². The summed E-state index contributed by atoms with van der Waals surface area (Å²) >= 11 is 2.32. The van der Waals surface area contributed by atoms with Crippen molar-refractivity contribution in [2.24, 2.45) is 5.92 Å². The van der Waals surface area contributed by atoms with Gasteiger partial charge in [-0.2, -0.15) is 0 Å². The van der Waals surface area contributed by atoms with Gasteiger partial charge in [0, 0.05) is 28.1 Å². The lowest BCUT2D eigenvalue weighted by Gasteiger charge is -2.43. The lowest BCUT2D eigenvalue weighted by molar-refractivity contribution is -0.150. The van der Waals surface area contributed by atoms with Gasteiger partial charge in [0.2, 0.25) is 0 Å². The van der Waals surface area contributed by atoms with Crippen LogP contribution < -0.4 is 0 Å². The fraction of sp³-hybridized carbons (Fsp3) is 0.526. The molecule has 23 heavy (non-hydrogen) atoms. The molecule has 0 amide bonds. The standard InChI is InChI=1S/C19H24INO2/c1-3-4-11-21-15-9-10-17(21)18(19(22)23-2)16(12-15)13-5-7-14(20)8-6-13/h3-8,15-18H,9-12H2,1-2H3/b4-3+/t15-,16+,17+,18-/m0/s1. The Kier molecular flexibility index (Phi) is 5.42. The van der Waals surface area contributed by atoms with Crippen molar-refractivity contribution in [3.05, 3.63) is 45.6 Å². The van der Waals surface area contributed by atoms with E-state index in [1.165, 1.54) is 22.7 Å². The molecule has 2 saturated heterocycles. The summed E-state index contributed by atoms with van der Waals surface area (Å²) in [5, 5.41) is 0. The van der Waals surface area contributed by atoms with Gasteiger partial charge < -0.3 is 4.74 Å². The van der Waals surface area contributed by atoms with E-state index in [1.54, 1.807) is 0 Å². The fourth-order valence-corrected chi connectivity index (χ4v) is 4.69. The third-order valence-corrected chi connectivity index (χ3v) is 6.11. The van der Waals surface area contributed by atoms with Gasteiger partial charge in [-0.1, -0.05) is 24.3 Å². The van der Waals surface area contributed by atoms with E-state index in [0.29, 0.717) is 12.1 Å². The Morgan fingerprint density at radius 3 is 2.74 bits per heavy atom. The molecule has 0 spiro atoms. The zero-order valence-electron chi connectivity index (χ0n) is 13.7. The first kappa shape index (κ1) is 17.0. The van der Waals surface area contributed by atoms with Crippen molar-refractivity contribution in [1.29, 1.82) is 0 Å². The van der Waals surface area contributed by atoms with Crippen LogP contribution in [0.2, 0.25) is 0 Å². The summed E-state index contributed by atoms with van der Waals surface area (Å²) in [6, 6.07) is 9.53. The molecule has 0 unspecified atom stereocenters. The van der Waals surface area contributed by atoms with Gasteiger partial charge in [0.15, 0.2) is 0 Å². The Balaban J connectivity index is 1.91. The minimum atomic E-state index is -0.0518. The molecule has 0 saturated carbocycles. The molecule has 2 bridgehead atoms. The summed E-state index contributed by atoms with van der Waals surface area (Å²) in [6.45, 7) is 3.00. The van der Waals surface area contributed by atoms with Crippen molar-refractivity contribution in [2.75, 3.05) is 13.7 Å². The van der Waals surface area contributed by atoms with Gasteiger partial charge in [-0.25, -0.2) is 0 Å². The Hall–Kier alpha value is -0.880. The Morgan fingerprint density at radius 1 is 1.35 bits per heavy atom. The number of methoxy groups -OCH3 is 1. The van der Waals surface area contributed by atoms with E-state index in [-0.39, 0.29) is 17.8 Å². The molecule has 3 nitrogen and oxygen atoms in total. The van der Waals surface area contributed by atoms with Crippen molar-refractivity contribution < 1.29 is 9.53 Å². The van der Waals surface area contributed by atoms with Gasteiger partial charge in [-0.15, -0.1) is 0 Å². The molecule has 2 heterocycles. The van der Waals surface area contributed by atoms with Gasteiger partial charge in [-0.05, 0) is 66.5 Å². The largest absolute Gasteiger partial charge is 0.469 e. The number of carbonyl (C=O) groups excluding carboxylic acids is 1. The van der Waals surface area contributed by atoms with Crippen LogP contribution in [0.15, 0.2) is 36.4 Å². The number of carbonyl (C=O) groups is 1. The van der Waals surface area contributed by atoms with Crippen LogP contribution in [0.4, 0.5) is 0 Å². The van der Waals surface area contributed by atoms with Gasteiger partial charge >= 0.3 is 5.97 Å². The average molecular weight is 425 g/mol. The Bertz CT molecular complexity index is 584. The Labute approximate surface area is 152 Å². The monoisotopic (exact) mass is 425 g/mol. The summed E-state index contributed by atoms with van der Waals surface area (Å²) in [6.07, 6.45) is 7.64. The number of piperidine rings is 1. The van der Waals surface area contributed by atoms with Crippen LogP contribution in [-0.4, -0.2) is 36.6 Å². The highest BCUT2D eigenvalue weighted by molar-refractivity contribution is 14.1. The summed E-state index contributed by atoms with van der Waals surface area (Å²) in [5.74, 6) is 0.173. The predicted molar refractivity (Wildman–Crippen MR) is 100 cm³/mol. The fourth-order valence-electron chi connectivity index (χ4n) is 4.33. The van der Waals surface area contributed by atoms with Crippen molar-refractivity contribution in [1.82, 2.24) is 4.90 Å². The van der Waals surface area contributed by atoms with Crippen LogP contribution in [0.25, 0.3) is 0 Å². The highest BCUT2D eigenvalue weighted by Gasteiger charge is 2.50. The second kappa shape index (κ2) is 7.34.